The highest BCUT2D eigenvalue weighted by atomic mass is 15.3. The average molecular weight is 753 g/mol. The molecule has 6 nitrogen and oxygen atoms in total. The lowest BCUT2D eigenvalue weighted by Gasteiger charge is -2.13. The summed E-state index contributed by atoms with van der Waals surface area (Å²) in [5.74, 6) is 1.17. The minimum absolute atomic E-state index is 0.558. The lowest BCUT2D eigenvalue weighted by Crippen LogP contribution is -1.99. The summed E-state index contributed by atoms with van der Waals surface area (Å²) in [6.07, 6.45) is 0. The van der Waals surface area contributed by atoms with Crippen LogP contribution in [0.15, 0.2) is 194 Å². The van der Waals surface area contributed by atoms with Gasteiger partial charge in [0, 0.05) is 43.7 Å². The lowest BCUT2D eigenvalue weighted by molar-refractivity contribution is 0.987. The maximum atomic E-state index is 5.22. The number of rotatable bonds is 4. The molecule has 6 heteroatoms. The first-order valence-corrected chi connectivity index (χ1v) is 20.0. The highest BCUT2D eigenvalue weighted by molar-refractivity contribution is 6.27. The maximum absolute atomic E-state index is 5.22. The molecule has 4 heterocycles. The summed E-state index contributed by atoms with van der Waals surface area (Å²) in [6.45, 7) is 0. The van der Waals surface area contributed by atoms with E-state index in [-0.39, 0.29) is 0 Å². The van der Waals surface area contributed by atoms with E-state index >= 15 is 0 Å². The predicted molar refractivity (Wildman–Crippen MR) is 243 cm³/mol. The van der Waals surface area contributed by atoms with Crippen molar-refractivity contribution < 1.29 is 0 Å². The van der Waals surface area contributed by atoms with E-state index < -0.39 is 0 Å². The molecule has 0 aliphatic heterocycles. The Bertz CT molecular complexity index is 3840. The Hall–Kier alpha value is -8.09. The molecule has 13 rings (SSSR count). The Morgan fingerprint density at radius 2 is 1.05 bits per heavy atom. The molecule has 274 valence electrons. The molecule has 0 fully saturated rings. The highest BCUT2D eigenvalue weighted by Gasteiger charge is 2.24. The van der Waals surface area contributed by atoms with Crippen molar-refractivity contribution in [3.63, 3.8) is 0 Å². The first-order chi connectivity index (χ1) is 29.3. The van der Waals surface area contributed by atoms with Crippen LogP contribution >= 0.6 is 0 Å². The van der Waals surface area contributed by atoms with Gasteiger partial charge < -0.3 is 9.13 Å². The lowest BCUT2D eigenvalue weighted by atomic mass is 10.0. The van der Waals surface area contributed by atoms with Gasteiger partial charge in [-0.1, -0.05) is 127 Å². The van der Waals surface area contributed by atoms with Gasteiger partial charge in [-0.05, 0) is 88.3 Å². The zero-order valence-electron chi connectivity index (χ0n) is 31.7. The van der Waals surface area contributed by atoms with E-state index in [1.807, 2.05) is 28.8 Å². The zero-order chi connectivity index (χ0) is 38.6. The summed E-state index contributed by atoms with van der Waals surface area (Å²) in [7, 11) is 0. The molecule has 0 spiro atoms. The van der Waals surface area contributed by atoms with Crippen molar-refractivity contribution in [2.45, 2.75) is 0 Å². The summed E-state index contributed by atoms with van der Waals surface area (Å²) < 4.78 is 6.76. The molecule has 59 heavy (non-hydrogen) atoms. The third-order valence-corrected chi connectivity index (χ3v) is 12.0. The summed E-state index contributed by atoms with van der Waals surface area (Å²) in [5, 5.41) is 15.9. The van der Waals surface area contributed by atoms with Crippen molar-refractivity contribution in [2.24, 2.45) is 0 Å². The van der Waals surface area contributed by atoms with Gasteiger partial charge in [0.25, 0.3) is 5.78 Å². The van der Waals surface area contributed by atoms with Crippen LogP contribution in [0.1, 0.15) is 0 Å². The Morgan fingerprint density at radius 3 is 1.86 bits per heavy atom. The van der Waals surface area contributed by atoms with Crippen LogP contribution in [-0.2, 0) is 0 Å². The maximum Gasteiger partial charge on any atom is 0.253 e. The third kappa shape index (κ3) is 4.65. The Balaban J connectivity index is 1.14. The van der Waals surface area contributed by atoms with E-state index in [2.05, 4.69) is 179 Å². The van der Waals surface area contributed by atoms with Crippen LogP contribution in [0.2, 0.25) is 0 Å². The molecule has 0 bridgehead atoms. The average Bonchev–Trinajstić information content (AvgIpc) is 3.98. The summed E-state index contributed by atoms with van der Waals surface area (Å²) >= 11 is 0. The highest BCUT2D eigenvalue weighted by Crippen LogP contribution is 2.44. The number of para-hydroxylation sites is 4. The van der Waals surface area contributed by atoms with Gasteiger partial charge in [0.1, 0.15) is 0 Å². The van der Waals surface area contributed by atoms with Crippen LogP contribution in [-0.4, -0.2) is 28.7 Å². The minimum atomic E-state index is 0.558. The zero-order valence-corrected chi connectivity index (χ0v) is 31.7. The Labute approximate surface area is 337 Å². The molecule has 0 radical (unpaired) electrons. The largest absolute Gasteiger partial charge is 0.309 e. The second kappa shape index (κ2) is 12.2. The van der Waals surface area contributed by atoms with Crippen molar-refractivity contribution in [3.05, 3.63) is 194 Å². The standard InChI is InChI=1S/C53H32N6/c1-3-15-33(16-4-1)50-41-22-10-14-26-46(41)59-53(54-50)55-52(56-59)42-23-11-13-25-45(42)58-44-24-12-9-21-39(44)40-27-28-47-49(51(40)58)43-31-36-29-34-17-7-8-18-35(34)30-37(36)32-48(43)57(47)38-19-5-2-6-20-38/h1-32H. The molecule has 0 amide bonds. The van der Waals surface area contributed by atoms with Crippen LogP contribution in [0.25, 0.3) is 116 Å². The topological polar surface area (TPSA) is 52.9 Å². The van der Waals surface area contributed by atoms with Gasteiger partial charge >= 0.3 is 0 Å². The summed E-state index contributed by atoms with van der Waals surface area (Å²) in [4.78, 5) is 10.3. The summed E-state index contributed by atoms with van der Waals surface area (Å²) in [5.41, 5.74) is 10.5. The van der Waals surface area contributed by atoms with E-state index in [4.69, 9.17) is 15.1 Å². The molecular formula is C53H32N6. The molecule has 9 aromatic carbocycles. The van der Waals surface area contributed by atoms with E-state index in [1.54, 1.807) is 0 Å². The van der Waals surface area contributed by atoms with Crippen LogP contribution in [0.5, 0.6) is 0 Å². The van der Waals surface area contributed by atoms with Gasteiger partial charge in [0.15, 0.2) is 5.82 Å². The van der Waals surface area contributed by atoms with Crippen molar-refractivity contribution >= 4 is 81.8 Å². The van der Waals surface area contributed by atoms with Crippen molar-refractivity contribution in [2.75, 3.05) is 0 Å². The van der Waals surface area contributed by atoms with Crippen molar-refractivity contribution in [3.8, 4) is 34.0 Å². The fraction of sp³-hybridized carbons (Fsp3) is 0. The van der Waals surface area contributed by atoms with Crippen LogP contribution in [0, 0.1) is 0 Å². The van der Waals surface area contributed by atoms with Gasteiger partial charge in [-0.3, -0.25) is 0 Å². The molecule has 4 aromatic heterocycles. The van der Waals surface area contributed by atoms with Gasteiger partial charge in [-0.2, -0.15) is 9.50 Å². The summed E-state index contributed by atoms with van der Waals surface area (Å²) in [6, 6.07) is 69.3. The van der Waals surface area contributed by atoms with Crippen molar-refractivity contribution in [1.82, 2.24) is 28.7 Å². The van der Waals surface area contributed by atoms with E-state index in [0.717, 1.165) is 55.6 Å². The van der Waals surface area contributed by atoms with Crippen LogP contribution in [0.4, 0.5) is 0 Å². The smallest absolute Gasteiger partial charge is 0.253 e. The fourth-order valence-electron chi connectivity index (χ4n) is 9.44. The predicted octanol–water partition coefficient (Wildman–Crippen LogP) is 13.1. The van der Waals surface area contributed by atoms with Crippen molar-refractivity contribution in [1.29, 1.82) is 0 Å². The molecule has 13 aromatic rings. The third-order valence-electron chi connectivity index (χ3n) is 12.0. The van der Waals surface area contributed by atoms with Crippen LogP contribution < -0.4 is 0 Å². The first-order valence-electron chi connectivity index (χ1n) is 20.0. The fourth-order valence-corrected chi connectivity index (χ4v) is 9.44. The second-order valence-electron chi connectivity index (χ2n) is 15.3. The molecule has 0 unspecified atom stereocenters. The van der Waals surface area contributed by atoms with Gasteiger partial charge in [-0.25, -0.2) is 4.98 Å². The molecule has 0 aliphatic carbocycles. The number of aromatic nitrogens is 6. The van der Waals surface area contributed by atoms with E-state index in [9.17, 15) is 0 Å². The molecular weight excluding hydrogens is 721 g/mol. The number of nitrogens with zero attached hydrogens (tertiary/aromatic N) is 6. The van der Waals surface area contributed by atoms with E-state index in [0.29, 0.717) is 11.6 Å². The monoisotopic (exact) mass is 752 g/mol. The second-order valence-corrected chi connectivity index (χ2v) is 15.3. The number of fused-ring (bicyclic) bond motifs is 12. The molecule has 0 saturated carbocycles. The van der Waals surface area contributed by atoms with E-state index in [1.165, 1.54) is 48.6 Å². The van der Waals surface area contributed by atoms with Gasteiger partial charge in [0.05, 0.1) is 39.0 Å². The normalized spacial score (nSPS) is 12.1. The number of hydrogen-bond acceptors (Lipinski definition) is 3. The number of hydrogen-bond donors (Lipinski definition) is 0. The SMILES string of the molecule is c1ccc(-c2nc3nc(-c4ccccc4-n4c5ccccc5c5ccc6c(c7cc8cc9ccccc9cc8cc7n6-c6ccccc6)c54)nn3c3ccccc23)cc1. The van der Waals surface area contributed by atoms with Crippen LogP contribution in [0.3, 0.4) is 0 Å². The van der Waals surface area contributed by atoms with Gasteiger partial charge in [0.2, 0.25) is 0 Å². The quantitative estimate of drug-likeness (QED) is 0.168. The molecule has 0 atom stereocenters. The van der Waals surface area contributed by atoms with Gasteiger partial charge in [-0.15, -0.1) is 5.10 Å². The Morgan fingerprint density at radius 1 is 0.390 bits per heavy atom. The molecule has 0 N–H and O–H groups in total. The Kier molecular flexibility index (Phi) is 6.63. The number of benzene rings is 9. The first kappa shape index (κ1) is 32.0. The molecule has 0 aliphatic rings. The molecule has 0 saturated heterocycles. The minimum Gasteiger partial charge on any atom is -0.309 e.